The maximum Gasteiger partial charge on any atom is 0.319 e. The summed E-state index contributed by atoms with van der Waals surface area (Å²) in [4.78, 5) is 21.7. The van der Waals surface area contributed by atoms with E-state index in [2.05, 4.69) is 25.8 Å². The van der Waals surface area contributed by atoms with Gasteiger partial charge in [0, 0.05) is 62.9 Å². The van der Waals surface area contributed by atoms with Gasteiger partial charge in [0.25, 0.3) is 0 Å². The van der Waals surface area contributed by atoms with Crippen molar-refractivity contribution in [2.45, 2.75) is 81.6 Å². The first-order valence-electron chi connectivity index (χ1n) is 18.3. The Hall–Kier alpha value is -3.78. The lowest BCUT2D eigenvalue weighted by Gasteiger charge is -2.44. The fourth-order valence-electron chi connectivity index (χ4n) is 9.90. The maximum absolute atomic E-state index is 17.6. The number of benzene rings is 1. The van der Waals surface area contributed by atoms with E-state index in [1.165, 1.54) is 0 Å². The van der Waals surface area contributed by atoms with Gasteiger partial charge in [0.1, 0.15) is 29.0 Å². The van der Waals surface area contributed by atoms with Gasteiger partial charge in [-0.25, -0.2) is 8.78 Å². The number of nitriles is 1. The lowest BCUT2D eigenvalue weighted by Crippen LogP contribution is -2.56. The third-order valence-corrected chi connectivity index (χ3v) is 13.5. The Kier molecular flexibility index (Phi) is 7.83. The molecule has 15 heteroatoms. The van der Waals surface area contributed by atoms with Crippen molar-refractivity contribution in [3.63, 3.8) is 0 Å². The Balaban J connectivity index is 1.13. The first-order chi connectivity index (χ1) is 25.4. The summed E-state index contributed by atoms with van der Waals surface area (Å²) in [6.07, 6.45) is 7.46. The average Bonchev–Trinajstić information content (AvgIpc) is 3.94. The number of ether oxygens (including phenoxy) is 4. The highest BCUT2D eigenvalue weighted by molar-refractivity contribution is 7.23. The number of thiophene rings is 1. The molecule has 5 unspecified atom stereocenters. The predicted octanol–water partition coefficient (Wildman–Crippen LogP) is 4.74. The molecule has 5 saturated heterocycles. The van der Waals surface area contributed by atoms with E-state index in [0.29, 0.717) is 23.4 Å². The number of piperazine rings is 1. The van der Waals surface area contributed by atoms with Crippen molar-refractivity contribution in [2.24, 2.45) is 0 Å². The van der Waals surface area contributed by atoms with Gasteiger partial charge in [-0.1, -0.05) is 0 Å². The van der Waals surface area contributed by atoms with E-state index in [0.717, 1.165) is 101 Å². The first-order valence-corrected chi connectivity index (χ1v) is 19.1. The van der Waals surface area contributed by atoms with Crippen LogP contribution in [0.2, 0.25) is 0 Å². The maximum atomic E-state index is 17.6. The lowest BCUT2D eigenvalue weighted by atomic mass is 9.93. The normalized spacial score (nSPS) is 28.5. The number of rotatable bonds is 8. The van der Waals surface area contributed by atoms with Crippen LogP contribution >= 0.6 is 11.3 Å². The summed E-state index contributed by atoms with van der Waals surface area (Å²) >= 11 is 0.958. The molecule has 10 rings (SSSR count). The van der Waals surface area contributed by atoms with E-state index >= 15 is 8.78 Å². The van der Waals surface area contributed by atoms with Gasteiger partial charge in [-0.3, -0.25) is 14.8 Å². The van der Waals surface area contributed by atoms with Crippen molar-refractivity contribution in [1.82, 2.24) is 24.8 Å². The molecule has 0 radical (unpaired) electrons. The molecular weight excluding hydrogens is 691 g/mol. The molecule has 5 fully saturated rings. The number of nitrogens with zero attached hydrogens (tertiary/aromatic N) is 7. The van der Waals surface area contributed by atoms with Gasteiger partial charge in [0.15, 0.2) is 11.6 Å². The number of anilines is 2. The second-order valence-electron chi connectivity index (χ2n) is 15.2. The molecule has 2 N–H and O–H groups in total. The highest BCUT2D eigenvalue weighted by Gasteiger charge is 2.50. The van der Waals surface area contributed by atoms with Crippen LogP contribution in [-0.4, -0.2) is 108 Å². The first kappa shape index (κ1) is 32.8. The van der Waals surface area contributed by atoms with Gasteiger partial charge >= 0.3 is 6.01 Å². The van der Waals surface area contributed by atoms with Gasteiger partial charge in [-0.15, -0.1) is 11.3 Å². The number of nitrogen functional groups attached to an aromatic ring is 1. The summed E-state index contributed by atoms with van der Waals surface area (Å²) in [6, 6.07) is 2.57. The van der Waals surface area contributed by atoms with E-state index in [-0.39, 0.29) is 86.5 Å². The third kappa shape index (κ3) is 4.95. The van der Waals surface area contributed by atoms with E-state index in [1.54, 1.807) is 7.11 Å². The molecule has 0 saturated carbocycles. The summed E-state index contributed by atoms with van der Waals surface area (Å²) in [5.74, 6) is -0.584. The van der Waals surface area contributed by atoms with Crippen LogP contribution < -0.4 is 15.4 Å². The highest BCUT2D eigenvalue weighted by atomic mass is 32.1. The third-order valence-electron chi connectivity index (χ3n) is 12.4. The molecule has 9 heterocycles. The molecule has 12 nitrogen and oxygen atoms in total. The molecule has 5 atom stereocenters. The zero-order valence-electron chi connectivity index (χ0n) is 29.0. The Morgan fingerprint density at radius 1 is 1.12 bits per heavy atom. The van der Waals surface area contributed by atoms with Crippen molar-refractivity contribution in [3.05, 3.63) is 34.5 Å². The van der Waals surface area contributed by atoms with E-state index in [9.17, 15) is 5.26 Å². The quantitative estimate of drug-likeness (QED) is 0.268. The summed E-state index contributed by atoms with van der Waals surface area (Å²) in [5.41, 5.74) is 7.83. The van der Waals surface area contributed by atoms with Crippen LogP contribution in [0.3, 0.4) is 0 Å². The van der Waals surface area contributed by atoms with E-state index in [4.69, 9.17) is 34.6 Å². The van der Waals surface area contributed by atoms with Gasteiger partial charge in [-0.2, -0.15) is 15.2 Å². The average molecular weight is 731 g/mol. The highest BCUT2D eigenvalue weighted by Crippen LogP contribution is 2.48. The largest absolute Gasteiger partial charge is 0.461 e. The van der Waals surface area contributed by atoms with Crippen LogP contribution in [0, 0.1) is 23.0 Å². The van der Waals surface area contributed by atoms with Gasteiger partial charge in [0.05, 0.1) is 58.5 Å². The van der Waals surface area contributed by atoms with Crippen LogP contribution in [0.25, 0.3) is 32.2 Å². The van der Waals surface area contributed by atoms with E-state index in [1.807, 2.05) is 0 Å². The zero-order valence-corrected chi connectivity index (χ0v) is 29.8. The summed E-state index contributed by atoms with van der Waals surface area (Å²) < 4.78 is 57.0. The zero-order chi connectivity index (χ0) is 35.3. The van der Waals surface area contributed by atoms with Crippen LogP contribution in [0.5, 0.6) is 6.01 Å². The van der Waals surface area contributed by atoms with Crippen molar-refractivity contribution in [3.8, 4) is 23.3 Å². The van der Waals surface area contributed by atoms with Crippen molar-refractivity contribution >= 4 is 43.1 Å². The number of fused-ring (bicyclic) bond motifs is 7. The number of methoxy groups -OCH3 is 1. The molecule has 0 aliphatic carbocycles. The molecule has 0 amide bonds. The minimum Gasteiger partial charge on any atom is -0.461 e. The molecule has 6 aliphatic heterocycles. The van der Waals surface area contributed by atoms with Crippen LogP contribution in [0.4, 0.5) is 19.6 Å². The molecule has 3 aromatic heterocycles. The Labute approximate surface area is 303 Å². The lowest BCUT2D eigenvalue weighted by molar-refractivity contribution is -0.0687. The second-order valence-corrected chi connectivity index (χ2v) is 16.3. The van der Waals surface area contributed by atoms with Crippen LogP contribution in [0.15, 0.2) is 6.20 Å². The van der Waals surface area contributed by atoms with Crippen LogP contribution in [0.1, 0.15) is 55.2 Å². The minimum atomic E-state index is -0.629. The fraction of sp³-hybridized carbons (Fsp3) is 0.568. The molecule has 52 heavy (non-hydrogen) atoms. The van der Waals surface area contributed by atoms with Crippen molar-refractivity contribution in [2.75, 3.05) is 63.7 Å². The number of aromatic nitrogens is 3. The molecule has 4 aromatic rings. The Bertz CT molecular complexity index is 2140. The molecule has 0 spiro atoms. The monoisotopic (exact) mass is 730 g/mol. The number of halogens is 2. The number of hydrogen-bond acceptors (Lipinski definition) is 13. The molecule has 6 aliphatic rings. The summed E-state index contributed by atoms with van der Waals surface area (Å²) in [5, 5.41) is 11.0. The molecular formula is C37H40F2N8O4S. The number of pyridine rings is 1. The Morgan fingerprint density at radius 2 is 1.92 bits per heavy atom. The van der Waals surface area contributed by atoms with Gasteiger partial charge in [0.2, 0.25) is 0 Å². The SMILES string of the molecule is COC1CN2CCCC2(COc2nc(N3C4CCC3CN(CC3CCO3)C4)c3c4c(c(-c5ncc(F)c6sc(N)c(C#N)c56)c(F)c3n2)COC4)C1. The minimum absolute atomic E-state index is 0.0783. The van der Waals surface area contributed by atoms with Gasteiger partial charge < -0.3 is 29.6 Å². The Morgan fingerprint density at radius 3 is 2.67 bits per heavy atom. The molecule has 1 aromatic carbocycles. The smallest absolute Gasteiger partial charge is 0.319 e. The topological polar surface area (TPSA) is 135 Å². The number of likely N-dealkylation sites (tertiary alicyclic amines) is 1. The number of nitrogens with two attached hydrogens (primary N) is 1. The molecule has 272 valence electrons. The standard InChI is InChI=1S/C37H40F2N8O4S/c1-48-22-9-37(6-2-7-46(37)15-22)18-51-36-43-32-29(35(44-36)47-19-3-4-20(47)13-45(12-19)14-21-5-8-50-21)25-17-49-16-24(25)27(30(32)39)31-28-23(10-40)34(41)52-33(28)26(38)11-42-31/h11,19-22H,2-9,12-18,41H2,1H3. The second kappa shape index (κ2) is 12.4. The summed E-state index contributed by atoms with van der Waals surface area (Å²) in [7, 11) is 1.75. The molecule has 2 bridgehead atoms. The van der Waals surface area contributed by atoms with Crippen molar-refractivity contribution in [1.29, 1.82) is 5.26 Å². The van der Waals surface area contributed by atoms with Gasteiger partial charge in [-0.05, 0) is 56.2 Å². The predicted molar refractivity (Wildman–Crippen MR) is 190 cm³/mol. The summed E-state index contributed by atoms with van der Waals surface area (Å²) in [6.45, 7) is 6.01. The number of hydrogen-bond donors (Lipinski definition) is 1. The van der Waals surface area contributed by atoms with Crippen LogP contribution in [-0.2, 0) is 27.4 Å². The van der Waals surface area contributed by atoms with E-state index < -0.39 is 11.6 Å². The fourth-order valence-corrected chi connectivity index (χ4v) is 10.8. The van der Waals surface area contributed by atoms with Crippen molar-refractivity contribution < 1.29 is 27.7 Å².